The molecule has 70 valence electrons. The zero-order valence-electron chi connectivity index (χ0n) is 8.39. The van der Waals surface area contributed by atoms with Crippen molar-refractivity contribution in [1.29, 1.82) is 5.26 Å². The lowest BCUT2D eigenvalue weighted by atomic mass is 10.0. The molecule has 0 saturated carbocycles. The van der Waals surface area contributed by atoms with Gasteiger partial charge in [-0.15, -0.1) is 0 Å². The molecule has 0 aliphatic heterocycles. The van der Waals surface area contributed by atoms with E-state index in [9.17, 15) is 0 Å². The maximum absolute atomic E-state index is 8.66. The average molecular weight is 184 g/mol. The lowest BCUT2D eigenvalue weighted by molar-refractivity contribution is 1.27. The van der Waals surface area contributed by atoms with Crippen LogP contribution in [-0.2, 0) is 6.42 Å². The standard InChI is InChI=1S/C12H12N2/c1-8-3-4-11-10(5-6-13)7-14-12(11)9(8)2/h3-4,7,14H,5H2,1-2H3. The summed E-state index contributed by atoms with van der Waals surface area (Å²) in [6.45, 7) is 4.20. The van der Waals surface area contributed by atoms with Crippen LogP contribution in [0.15, 0.2) is 18.3 Å². The number of H-pyrrole nitrogens is 1. The third-order valence-corrected chi connectivity index (χ3v) is 2.74. The molecule has 0 fully saturated rings. The Kier molecular flexibility index (Phi) is 2.01. The minimum absolute atomic E-state index is 0.475. The Morgan fingerprint density at radius 2 is 2.14 bits per heavy atom. The number of aryl methyl sites for hydroxylation is 2. The molecular weight excluding hydrogens is 172 g/mol. The van der Waals surface area contributed by atoms with Crippen molar-refractivity contribution in [2.24, 2.45) is 0 Å². The maximum atomic E-state index is 8.66. The van der Waals surface area contributed by atoms with Gasteiger partial charge in [-0.05, 0) is 30.5 Å². The molecule has 1 heterocycles. The third-order valence-electron chi connectivity index (χ3n) is 2.74. The van der Waals surface area contributed by atoms with Gasteiger partial charge in [-0.25, -0.2) is 0 Å². The first-order valence-electron chi connectivity index (χ1n) is 4.67. The first-order chi connectivity index (χ1) is 6.74. The number of nitriles is 1. The molecule has 0 amide bonds. The van der Waals surface area contributed by atoms with Crippen LogP contribution < -0.4 is 0 Å². The van der Waals surface area contributed by atoms with Crippen LogP contribution in [0.3, 0.4) is 0 Å². The quantitative estimate of drug-likeness (QED) is 0.727. The van der Waals surface area contributed by atoms with Crippen LogP contribution >= 0.6 is 0 Å². The van der Waals surface area contributed by atoms with Crippen LogP contribution in [0.25, 0.3) is 10.9 Å². The van der Waals surface area contributed by atoms with Gasteiger partial charge < -0.3 is 4.98 Å². The van der Waals surface area contributed by atoms with Gasteiger partial charge in [-0.2, -0.15) is 5.26 Å². The fourth-order valence-electron chi connectivity index (χ4n) is 1.74. The lowest BCUT2D eigenvalue weighted by Crippen LogP contribution is -1.83. The number of nitrogens with one attached hydrogen (secondary N) is 1. The van der Waals surface area contributed by atoms with Gasteiger partial charge >= 0.3 is 0 Å². The number of aromatic amines is 1. The molecule has 0 spiro atoms. The monoisotopic (exact) mass is 184 g/mol. The minimum atomic E-state index is 0.475. The van der Waals surface area contributed by atoms with Crippen LogP contribution in [0.5, 0.6) is 0 Å². The fourth-order valence-corrected chi connectivity index (χ4v) is 1.74. The number of fused-ring (bicyclic) bond motifs is 1. The van der Waals surface area contributed by atoms with Crippen LogP contribution in [0, 0.1) is 25.2 Å². The van der Waals surface area contributed by atoms with E-state index in [0.29, 0.717) is 6.42 Å². The normalized spacial score (nSPS) is 10.4. The van der Waals surface area contributed by atoms with Gasteiger partial charge in [0.25, 0.3) is 0 Å². The van der Waals surface area contributed by atoms with Crippen molar-refractivity contribution in [2.45, 2.75) is 20.3 Å². The maximum Gasteiger partial charge on any atom is 0.0670 e. The molecule has 2 nitrogen and oxygen atoms in total. The molecule has 0 atom stereocenters. The molecule has 14 heavy (non-hydrogen) atoms. The van der Waals surface area contributed by atoms with Crippen LogP contribution in [0.2, 0.25) is 0 Å². The summed E-state index contributed by atoms with van der Waals surface area (Å²) in [5, 5.41) is 9.83. The Hall–Kier alpha value is -1.75. The Labute approximate surface area is 83.2 Å². The van der Waals surface area contributed by atoms with E-state index in [4.69, 9.17) is 5.26 Å². The number of aromatic nitrogens is 1. The molecule has 0 radical (unpaired) electrons. The smallest absolute Gasteiger partial charge is 0.0670 e. The minimum Gasteiger partial charge on any atom is -0.361 e. The number of hydrogen-bond acceptors (Lipinski definition) is 1. The summed E-state index contributed by atoms with van der Waals surface area (Å²) in [6, 6.07) is 6.36. The summed E-state index contributed by atoms with van der Waals surface area (Å²) >= 11 is 0. The van der Waals surface area contributed by atoms with E-state index in [1.807, 2.05) is 6.20 Å². The molecule has 2 aromatic rings. The van der Waals surface area contributed by atoms with E-state index in [1.54, 1.807) is 0 Å². The van der Waals surface area contributed by atoms with Gasteiger partial charge in [0.05, 0.1) is 12.5 Å². The average Bonchev–Trinajstić information content (AvgIpc) is 2.57. The van der Waals surface area contributed by atoms with Crippen molar-refractivity contribution < 1.29 is 0 Å². The fraction of sp³-hybridized carbons (Fsp3) is 0.250. The van der Waals surface area contributed by atoms with Crippen molar-refractivity contribution in [3.05, 3.63) is 35.0 Å². The van der Waals surface area contributed by atoms with Gasteiger partial charge in [0, 0.05) is 17.1 Å². The predicted octanol–water partition coefficient (Wildman–Crippen LogP) is 2.85. The van der Waals surface area contributed by atoms with Crippen molar-refractivity contribution in [3.8, 4) is 6.07 Å². The van der Waals surface area contributed by atoms with Crippen LogP contribution in [0.1, 0.15) is 16.7 Å². The van der Waals surface area contributed by atoms with Gasteiger partial charge in [-0.3, -0.25) is 0 Å². The molecule has 1 N–H and O–H groups in total. The van der Waals surface area contributed by atoms with Gasteiger partial charge in [0.2, 0.25) is 0 Å². The molecule has 0 aliphatic carbocycles. The number of rotatable bonds is 1. The SMILES string of the molecule is Cc1ccc2c(CC#N)c[nH]c2c1C. The summed E-state index contributed by atoms with van der Waals surface area (Å²) in [4.78, 5) is 3.23. The summed E-state index contributed by atoms with van der Waals surface area (Å²) in [5.74, 6) is 0. The van der Waals surface area contributed by atoms with Crippen molar-refractivity contribution in [3.63, 3.8) is 0 Å². The summed E-state index contributed by atoms with van der Waals surface area (Å²) in [6.07, 6.45) is 2.41. The molecular formula is C12H12N2. The second kappa shape index (κ2) is 3.19. The molecule has 0 aliphatic rings. The molecule has 2 rings (SSSR count). The highest BCUT2D eigenvalue weighted by molar-refractivity contribution is 5.87. The van der Waals surface area contributed by atoms with E-state index in [1.165, 1.54) is 16.5 Å². The third kappa shape index (κ3) is 1.18. The van der Waals surface area contributed by atoms with E-state index in [0.717, 1.165) is 11.1 Å². The largest absolute Gasteiger partial charge is 0.361 e. The van der Waals surface area contributed by atoms with Gasteiger partial charge in [-0.1, -0.05) is 12.1 Å². The molecule has 0 saturated heterocycles. The molecule has 0 unspecified atom stereocenters. The summed E-state index contributed by atoms with van der Waals surface area (Å²) < 4.78 is 0. The Balaban J connectivity index is 2.72. The first-order valence-corrected chi connectivity index (χ1v) is 4.67. The Morgan fingerprint density at radius 1 is 1.36 bits per heavy atom. The second-order valence-electron chi connectivity index (χ2n) is 3.58. The van der Waals surface area contributed by atoms with E-state index >= 15 is 0 Å². The topological polar surface area (TPSA) is 39.6 Å². The Morgan fingerprint density at radius 3 is 2.86 bits per heavy atom. The number of benzene rings is 1. The molecule has 1 aromatic carbocycles. The van der Waals surface area contributed by atoms with E-state index in [-0.39, 0.29) is 0 Å². The lowest BCUT2D eigenvalue weighted by Gasteiger charge is -2.01. The molecule has 0 bridgehead atoms. The van der Waals surface area contributed by atoms with Crippen molar-refractivity contribution in [2.75, 3.05) is 0 Å². The summed E-state index contributed by atoms with van der Waals surface area (Å²) in [7, 11) is 0. The highest BCUT2D eigenvalue weighted by Gasteiger charge is 2.06. The number of nitrogens with zero attached hydrogens (tertiary/aromatic N) is 1. The van der Waals surface area contributed by atoms with Crippen LogP contribution in [0.4, 0.5) is 0 Å². The van der Waals surface area contributed by atoms with E-state index in [2.05, 4.69) is 37.0 Å². The molecule has 1 aromatic heterocycles. The number of hydrogen-bond donors (Lipinski definition) is 1. The van der Waals surface area contributed by atoms with Crippen molar-refractivity contribution in [1.82, 2.24) is 4.98 Å². The zero-order chi connectivity index (χ0) is 10.1. The summed E-state index contributed by atoms with van der Waals surface area (Å²) in [5.41, 5.74) is 4.80. The van der Waals surface area contributed by atoms with E-state index < -0.39 is 0 Å². The molecule has 2 heteroatoms. The van der Waals surface area contributed by atoms with Gasteiger partial charge in [0.15, 0.2) is 0 Å². The Bertz CT molecular complexity index is 515. The first kappa shape index (κ1) is 8.83. The van der Waals surface area contributed by atoms with Crippen LogP contribution in [-0.4, -0.2) is 4.98 Å². The highest BCUT2D eigenvalue weighted by atomic mass is 14.7. The highest BCUT2D eigenvalue weighted by Crippen LogP contribution is 2.23. The zero-order valence-corrected chi connectivity index (χ0v) is 8.39. The predicted molar refractivity (Wildman–Crippen MR) is 57.1 cm³/mol. The van der Waals surface area contributed by atoms with Crippen molar-refractivity contribution >= 4 is 10.9 Å². The second-order valence-corrected chi connectivity index (χ2v) is 3.58. The van der Waals surface area contributed by atoms with Gasteiger partial charge in [0.1, 0.15) is 0 Å².